The molecule has 0 bridgehead atoms. The number of aryl methyl sites for hydroxylation is 1. The standard InChI is InChI=1S/C12H15N5O/c1-7(2)10-15-11(17-16-10)12(18)14-9-4-5-13-6-8(9)3/h4-7H,1-3H3,(H,13,14,18)(H,15,16,17). The van der Waals surface area contributed by atoms with Gasteiger partial charge in [-0.1, -0.05) is 13.8 Å². The van der Waals surface area contributed by atoms with Crippen molar-refractivity contribution < 1.29 is 4.79 Å². The van der Waals surface area contributed by atoms with Crippen LogP contribution in [0.5, 0.6) is 0 Å². The van der Waals surface area contributed by atoms with Gasteiger partial charge in [0.25, 0.3) is 5.91 Å². The normalized spacial score (nSPS) is 10.7. The maximum Gasteiger partial charge on any atom is 0.295 e. The number of amides is 1. The van der Waals surface area contributed by atoms with E-state index in [0.29, 0.717) is 11.5 Å². The van der Waals surface area contributed by atoms with Crippen molar-refractivity contribution in [3.63, 3.8) is 0 Å². The molecular weight excluding hydrogens is 230 g/mol. The van der Waals surface area contributed by atoms with Crippen LogP contribution in [0.1, 0.15) is 41.8 Å². The number of hydrogen-bond donors (Lipinski definition) is 2. The molecule has 6 nitrogen and oxygen atoms in total. The van der Waals surface area contributed by atoms with Crippen LogP contribution in [0.3, 0.4) is 0 Å². The van der Waals surface area contributed by atoms with Gasteiger partial charge in [0.15, 0.2) is 0 Å². The second-order valence-electron chi connectivity index (χ2n) is 4.34. The van der Waals surface area contributed by atoms with E-state index in [1.807, 2.05) is 20.8 Å². The first-order chi connectivity index (χ1) is 8.58. The van der Waals surface area contributed by atoms with Crippen LogP contribution in [0.25, 0.3) is 0 Å². The summed E-state index contributed by atoms with van der Waals surface area (Å²) in [4.78, 5) is 20.0. The summed E-state index contributed by atoms with van der Waals surface area (Å²) in [6.45, 7) is 5.84. The fraction of sp³-hybridized carbons (Fsp3) is 0.333. The summed E-state index contributed by atoms with van der Waals surface area (Å²) >= 11 is 0. The van der Waals surface area contributed by atoms with E-state index < -0.39 is 0 Å². The molecule has 0 atom stereocenters. The summed E-state index contributed by atoms with van der Waals surface area (Å²) in [5.41, 5.74) is 1.61. The van der Waals surface area contributed by atoms with Gasteiger partial charge in [-0.25, -0.2) is 4.98 Å². The molecule has 0 fully saturated rings. The van der Waals surface area contributed by atoms with Gasteiger partial charge >= 0.3 is 0 Å². The second-order valence-corrected chi connectivity index (χ2v) is 4.34. The van der Waals surface area contributed by atoms with Gasteiger partial charge in [-0.3, -0.25) is 14.9 Å². The lowest BCUT2D eigenvalue weighted by atomic mass is 10.2. The Morgan fingerprint density at radius 2 is 2.22 bits per heavy atom. The van der Waals surface area contributed by atoms with Gasteiger partial charge in [0, 0.05) is 24.0 Å². The monoisotopic (exact) mass is 245 g/mol. The zero-order valence-electron chi connectivity index (χ0n) is 10.6. The average Bonchev–Trinajstić information content (AvgIpc) is 2.81. The molecule has 0 aromatic carbocycles. The van der Waals surface area contributed by atoms with Crippen molar-refractivity contribution in [2.45, 2.75) is 26.7 Å². The van der Waals surface area contributed by atoms with Crippen molar-refractivity contribution >= 4 is 11.6 Å². The second kappa shape index (κ2) is 4.95. The van der Waals surface area contributed by atoms with Crippen LogP contribution < -0.4 is 5.32 Å². The molecule has 6 heteroatoms. The van der Waals surface area contributed by atoms with Gasteiger partial charge in [0.05, 0.1) is 0 Å². The van der Waals surface area contributed by atoms with Gasteiger partial charge in [0.1, 0.15) is 5.82 Å². The molecule has 0 spiro atoms. The predicted molar refractivity (Wildman–Crippen MR) is 67.4 cm³/mol. The lowest BCUT2D eigenvalue weighted by Crippen LogP contribution is -2.14. The van der Waals surface area contributed by atoms with Crippen molar-refractivity contribution in [1.82, 2.24) is 20.2 Å². The van der Waals surface area contributed by atoms with Crippen molar-refractivity contribution in [3.8, 4) is 0 Å². The average molecular weight is 245 g/mol. The van der Waals surface area contributed by atoms with Crippen LogP contribution in [-0.2, 0) is 0 Å². The molecule has 18 heavy (non-hydrogen) atoms. The molecule has 2 heterocycles. The molecule has 0 saturated heterocycles. The van der Waals surface area contributed by atoms with Crippen LogP contribution in [0.15, 0.2) is 18.5 Å². The number of carbonyl (C=O) groups excluding carboxylic acids is 1. The SMILES string of the molecule is Cc1cnccc1NC(=O)c1n[nH]c(C(C)C)n1. The Morgan fingerprint density at radius 1 is 1.44 bits per heavy atom. The van der Waals surface area contributed by atoms with Gasteiger partial charge in [-0.2, -0.15) is 0 Å². The zero-order valence-corrected chi connectivity index (χ0v) is 10.6. The van der Waals surface area contributed by atoms with E-state index in [-0.39, 0.29) is 17.6 Å². The smallest absolute Gasteiger partial charge is 0.295 e. The predicted octanol–water partition coefficient (Wildman–Crippen LogP) is 1.88. The van der Waals surface area contributed by atoms with Crippen molar-refractivity contribution in [1.29, 1.82) is 0 Å². The quantitative estimate of drug-likeness (QED) is 0.864. The van der Waals surface area contributed by atoms with Gasteiger partial charge in [-0.15, -0.1) is 5.10 Å². The van der Waals surface area contributed by atoms with E-state index in [2.05, 4.69) is 25.5 Å². The minimum atomic E-state index is -0.326. The van der Waals surface area contributed by atoms with Crippen LogP contribution in [-0.4, -0.2) is 26.1 Å². The number of pyridine rings is 1. The third-order valence-corrected chi connectivity index (χ3v) is 2.52. The third-order valence-electron chi connectivity index (χ3n) is 2.52. The highest BCUT2D eigenvalue weighted by atomic mass is 16.2. The number of aromatic nitrogens is 4. The molecule has 0 radical (unpaired) electrons. The molecule has 2 aromatic rings. The molecule has 0 aliphatic carbocycles. The summed E-state index contributed by atoms with van der Waals surface area (Å²) < 4.78 is 0. The molecule has 0 unspecified atom stereocenters. The molecule has 94 valence electrons. The molecule has 0 saturated carbocycles. The van der Waals surface area contributed by atoms with Crippen LogP contribution in [0.2, 0.25) is 0 Å². The highest BCUT2D eigenvalue weighted by molar-refractivity contribution is 6.01. The Kier molecular flexibility index (Phi) is 3.36. The first kappa shape index (κ1) is 12.2. The van der Waals surface area contributed by atoms with Crippen molar-refractivity contribution in [2.75, 3.05) is 5.32 Å². The highest BCUT2D eigenvalue weighted by Crippen LogP contribution is 2.13. The summed E-state index contributed by atoms with van der Waals surface area (Å²) in [6, 6.07) is 1.74. The maximum absolute atomic E-state index is 11.9. The van der Waals surface area contributed by atoms with Gasteiger partial charge < -0.3 is 5.32 Å². The Balaban J connectivity index is 2.15. The molecule has 2 aromatic heterocycles. The molecule has 2 N–H and O–H groups in total. The summed E-state index contributed by atoms with van der Waals surface area (Å²) in [5.74, 6) is 0.732. The number of H-pyrrole nitrogens is 1. The molecule has 0 aliphatic heterocycles. The number of aromatic amines is 1. The fourth-order valence-electron chi connectivity index (χ4n) is 1.43. The number of rotatable bonds is 3. The minimum Gasteiger partial charge on any atom is -0.319 e. The zero-order chi connectivity index (χ0) is 13.1. The maximum atomic E-state index is 11.9. The Labute approximate surface area is 105 Å². The Morgan fingerprint density at radius 3 is 2.83 bits per heavy atom. The van der Waals surface area contributed by atoms with Crippen molar-refractivity contribution in [3.05, 3.63) is 35.7 Å². The van der Waals surface area contributed by atoms with Gasteiger partial charge in [-0.05, 0) is 18.6 Å². The summed E-state index contributed by atoms with van der Waals surface area (Å²) in [7, 11) is 0. The fourth-order valence-corrected chi connectivity index (χ4v) is 1.43. The van der Waals surface area contributed by atoms with E-state index in [1.54, 1.807) is 18.5 Å². The summed E-state index contributed by atoms with van der Waals surface area (Å²) in [6.07, 6.45) is 3.31. The van der Waals surface area contributed by atoms with E-state index in [9.17, 15) is 4.79 Å². The van der Waals surface area contributed by atoms with Crippen LogP contribution in [0.4, 0.5) is 5.69 Å². The number of anilines is 1. The summed E-state index contributed by atoms with van der Waals surface area (Å²) in [5, 5.41) is 9.41. The van der Waals surface area contributed by atoms with E-state index >= 15 is 0 Å². The molecule has 2 rings (SSSR count). The number of nitrogens with zero attached hydrogens (tertiary/aromatic N) is 3. The molecular formula is C12H15N5O. The number of carbonyl (C=O) groups is 1. The Bertz CT molecular complexity index is 561. The topological polar surface area (TPSA) is 83.6 Å². The number of nitrogens with one attached hydrogen (secondary N) is 2. The van der Waals surface area contributed by atoms with E-state index in [4.69, 9.17) is 0 Å². The number of hydrogen-bond acceptors (Lipinski definition) is 4. The van der Waals surface area contributed by atoms with Crippen LogP contribution >= 0.6 is 0 Å². The molecule has 1 amide bonds. The van der Waals surface area contributed by atoms with E-state index in [1.165, 1.54) is 0 Å². The third kappa shape index (κ3) is 2.53. The van der Waals surface area contributed by atoms with Gasteiger partial charge in [0.2, 0.25) is 5.82 Å². The van der Waals surface area contributed by atoms with E-state index in [0.717, 1.165) is 5.56 Å². The van der Waals surface area contributed by atoms with Crippen LogP contribution in [0, 0.1) is 6.92 Å². The van der Waals surface area contributed by atoms with Crippen molar-refractivity contribution in [2.24, 2.45) is 0 Å². The first-order valence-corrected chi connectivity index (χ1v) is 5.72. The lowest BCUT2D eigenvalue weighted by molar-refractivity contribution is 0.101. The lowest BCUT2D eigenvalue weighted by Gasteiger charge is -2.04. The Hall–Kier alpha value is -2.24. The largest absolute Gasteiger partial charge is 0.319 e. The minimum absolute atomic E-state index is 0.148. The first-order valence-electron chi connectivity index (χ1n) is 5.72. The highest BCUT2D eigenvalue weighted by Gasteiger charge is 2.14. The molecule has 0 aliphatic rings.